The molecule has 2 N–H and O–H groups in total. The van der Waals surface area contributed by atoms with Crippen LogP contribution in [-0.4, -0.2) is 26.3 Å². The Kier molecular flexibility index (Phi) is 4.26. The number of pyridine rings is 1. The monoisotopic (exact) mass is 279 g/mol. The summed E-state index contributed by atoms with van der Waals surface area (Å²) >= 11 is 1.37. The molecule has 0 radical (unpaired) electrons. The van der Waals surface area contributed by atoms with E-state index in [4.69, 9.17) is 0 Å². The number of anilines is 1. The maximum absolute atomic E-state index is 11.6. The predicted octanol–water partition coefficient (Wildman–Crippen LogP) is 2.13. The van der Waals surface area contributed by atoms with Gasteiger partial charge < -0.3 is 5.32 Å². The zero-order valence-electron chi connectivity index (χ0n) is 11.2. The van der Waals surface area contributed by atoms with E-state index in [9.17, 15) is 4.79 Å². The number of aromatic amines is 1. The normalized spacial score (nSPS) is 10.9. The first-order valence-electron chi connectivity index (χ1n) is 6.17. The van der Waals surface area contributed by atoms with Crippen molar-refractivity contribution in [1.29, 1.82) is 0 Å². The van der Waals surface area contributed by atoms with Crippen molar-refractivity contribution >= 4 is 17.6 Å². The lowest BCUT2D eigenvalue weighted by molar-refractivity contribution is 0.534. The third-order valence-electron chi connectivity index (χ3n) is 2.47. The SMILES string of the molecule is CCNc1cccc(Sc2n[nH]c(=O)n2C(C)C)n1. The number of nitrogens with zero attached hydrogens (tertiary/aromatic N) is 3. The lowest BCUT2D eigenvalue weighted by Crippen LogP contribution is -2.19. The predicted molar refractivity (Wildman–Crippen MR) is 75.8 cm³/mol. The van der Waals surface area contributed by atoms with Gasteiger partial charge in [0.25, 0.3) is 0 Å². The van der Waals surface area contributed by atoms with Crippen LogP contribution in [0.1, 0.15) is 26.8 Å². The molecule has 0 spiro atoms. The summed E-state index contributed by atoms with van der Waals surface area (Å²) in [7, 11) is 0. The molecule has 0 saturated heterocycles. The Morgan fingerprint density at radius 3 is 2.95 bits per heavy atom. The third kappa shape index (κ3) is 3.17. The molecule has 7 heteroatoms. The Morgan fingerprint density at radius 1 is 1.47 bits per heavy atom. The van der Waals surface area contributed by atoms with E-state index >= 15 is 0 Å². The van der Waals surface area contributed by atoms with Crippen molar-refractivity contribution in [2.75, 3.05) is 11.9 Å². The van der Waals surface area contributed by atoms with Gasteiger partial charge in [0.05, 0.1) is 0 Å². The van der Waals surface area contributed by atoms with Gasteiger partial charge >= 0.3 is 5.69 Å². The fourth-order valence-electron chi connectivity index (χ4n) is 1.66. The summed E-state index contributed by atoms with van der Waals surface area (Å²) in [6.45, 7) is 6.73. The van der Waals surface area contributed by atoms with Gasteiger partial charge in [0.1, 0.15) is 10.8 Å². The van der Waals surface area contributed by atoms with Crippen molar-refractivity contribution < 1.29 is 0 Å². The molecule has 0 fully saturated rings. The molecule has 0 aliphatic rings. The van der Waals surface area contributed by atoms with E-state index in [-0.39, 0.29) is 11.7 Å². The highest BCUT2D eigenvalue weighted by Gasteiger charge is 2.13. The van der Waals surface area contributed by atoms with Gasteiger partial charge in [0.2, 0.25) is 0 Å². The van der Waals surface area contributed by atoms with Crippen LogP contribution in [0.2, 0.25) is 0 Å². The molecule has 2 aromatic heterocycles. The molecule has 0 unspecified atom stereocenters. The van der Waals surface area contributed by atoms with E-state index in [1.165, 1.54) is 11.8 Å². The minimum Gasteiger partial charge on any atom is -0.370 e. The number of hydrogen-bond donors (Lipinski definition) is 2. The maximum Gasteiger partial charge on any atom is 0.344 e. The van der Waals surface area contributed by atoms with Crippen molar-refractivity contribution in [1.82, 2.24) is 19.7 Å². The molecule has 19 heavy (non-hydrogen) atoms. The summed E-state index contributed by atoms with van der Waals surface area (Å²) < 4.78 is 1.62. The molecular weight excluding hydrogens is 262 g/mol. The second kappa shape index (κ2) is 5.92. The maximum atomic E-state index is 11.6. The van der Waals surface area contributed by atoms with Crippen molar-refractivity contribution in [3.8, 4) is 0 Å². The van der Waals surface area contributed by atoms with Crippen LogP contribution >= 0.6 is 11.8 Å². The highest BCUT2D eigenvalue weighted by Crippen LogP contribution is 2.25. The Bertz CT molecular complexity index is 604. The van der Waals surface area contributed by atoms with Crippen LogP contribution in [-0.2, 0) is 0 Å². The molecule has 0 atom stereocenters. The standard InChI is InChI=1S/C12H17N5OS/c1-4-13-9-6-5-7-10(14-9)19-12-16-15-11(18)17(12)8(2)3/h5-8H,4H2,1-3H3,(H,13,14)(H,15,18). The molecule has 0 saturated carbocycles. The van der Waals surface area contributed by atoms with Gasteiger partial charge in [0.15, 0.2) is 5.16 Å². The minimum atomic E-state index is -0.194. The molecular formula is C12H17N5OS. The van der Waals surface area contributed by atoms with E-state index in [1.807, 2.05) is 39.0 Å². The molecule has 2 heterocycles. The first-order valence-corrected chi connectivity index (χ1v) is 6.99. The number of rotatable bonds is 5. The van der Waals surface area contributed by atoms with E-state index in [0.29, 0.717) is 5.16 Å². The minimum absolute atomic E-state index is 0.0608. The summed E-state index contributed by atoms with van der Waals surface area (Å²) in [5.41, 5.74) is -0.194. The van der Waals surface area contributed by atoms with Crippen LogP contribution in [0.3, 0.4) is 0 Å². The van der Waals surface area contributed by atoms with Gasteiger partial charge in [0, 0.05) is 12.6 Å². The quantitative estimate of drug-likeness (QED) is 0.877. The van der Waals surface area contributed by atoms with E-state index in [1.54, 1.807) is 4.57 Å². The van der Waals surface area contributed by atoms with E-state index in [0.717, 1.165) is 17.4 Å². The topological polar surface area (TPSA) is 75.6 Å². The first-order chi connectivity index (χ1) is 9.11. The van der Waals surface area contributed by atoms with E-state index < -0.39 is 0 Å². The fourth-order valence-corrected chi connectivity index (χ4v) is 2.62. The molecule has 0 aliphatic heterocycles. The number of nitrogens with one attached hydrogen (secondary N) is 2. The molecule has 2 aromatic rings. The Balaban J connectivity index is 2.26. The van der Waals surface area contributed by atoms with Crippen molar-refractivity contribution in [3.63, 3.8) is 0 Å². The highest BCUT2D eigenvalue weighted by atomic mass is 32.2. The largest absolute Gasteiger partial charge is 0.370 e. The lowest BCUT2D eigenvalue weighted by Gasteiger charge is -2.08. The number of aromatic nitrogens is 4. The van der Waals surface area contributed by atoms with Crippen molar-refractivity contribution in [2.45, 2.75) is 37.0 Å². The van der Waals surface area contributed by atoms with Crippen molar-refractivity contribution in [3.05, 3.63) is 28.7 Å². The summed E-state index contributed by atoms with van der Waals surface area (Å²) in [6.07, 6.45) is 0. The Labute approximate surface area is 115 Å². The van der Waals surface area contributed by atoms with Gasteiger partial charge in [-0.3, -0.25) is 4.57 Å². The Hall–Kier alpha value is -1.76. The fraction of sp³-hybridized carbons (Fsp3) is 0.417. The smallest absolute Gasteiger partial charge is 0.344 e. The van der Waals surface area contributed by atoms with Gasteiger partial charge in [-0.05, 0) is 44.7 Å². The second-order valence-electron chi connectivity index (χ2n) is 4.27. The molecule has 6 nitrogen and oxygen atoms in total. The molecule has 0 aliphatic carbocycles. The van der Waals surface area contributed by atoms with Crippen LogP contribution in [0.15, 0.2) is 33.2 Å². The molecule has 0 amide bonds. The molecule has 2 rings (SSSR count). The average molecular weight is 279 g/mol. The zero-order valence-corrected chi connectivity index (χ0v) is 12.0. The zero-order chi connectivity index (χ0) is 13.8. The average Bonchev–Trinajstić information content (AvgIpc) is 2.71. The van der Waals surface area contributed by atoms with E-state index in [2.05, 4.69) is 20.5 Å². The molecule has 0 bridgehead atoms. The number of hydrogen-bond acceptors (Lipinski definition) is 5. The van der Waals surface area contributed by atoms with Crippen LogP contribution in [0.4, 0.5) is 5.82 Å². The third-order valence-corrected chi connectivity index (χ3v) is 3.37. The van der Waals surface area contributed by atoms with Gasteiger partial charge in [-0.15, -0.1) is 5.10 Å². The first kappa shape index (κ1) is 13.7. The summed E-state index contributed by atoms with van der Waals surface area (Å²) in [5, 5.41) is 11.1. The molecule has 102 valence electrons. The summed E-state index contributed by atoms with van der Waals surface area (Å²) in [6, 6.07) is 5.80. The number of H-pyrrole nitrogens is 1. The van der Waals surface area contributed by atoms with Gasteiger partial charge in [-0.1, -0.05) is 6.07 Å². The van der Waals surface area contributed by atoms with Crippen LogP contribution in [0.25, 0.3) is 0 Å². The van der Waals surface area contributed by atoms with Crippen LogP contribution in [0.5, 0.6) is 0 Å². The van der Waals surface area contributed by atoms with Gasteiger partial charge in [-0.25, -0.2) is 14.9 Å². The van der Waals surface area contributed by atoms with Gasteiger partial charge in [-0.2, -0.15) is 0 Å². The van der Waals surface area contributed by atoms with Crippen LogP contribution in [0, 0.1) is 0 Å². The summed E-state index contributed by atoms with van der Waals surface area (Å²) in [5.74, 6) is 0.821. The highest BCUT2D eigenvalue weighted by molar-refractivity contribution is 7.99. The van der Waals surface area contributed by atoms with Crippen molar-refractivity contribution in [2.24, 2.45) is 0 Å². The Morgan fingerprint density at radius 2 is 2.26 bits per heavy atom. The lowest BCUT2D eigenvalue weighted by atomic mass is 10.4. The second-order valence-corrected chi connectivity index (χ2v) is 5.26. The molecule has 0 aromatic carbocycles. The summed E-state index contributed by atoms with van der Waals surface area (Å²) in [4.78, 5) is 16.1. The van der Waals surface area contributed by atoms with Crippen LogP contribution < -0.4 is 11.0 Å².